The average Bonchev–Trinajstić information content (AvgIpc) is 2.40. The van der Waals surface area contributed by atoms with Gasteiger partial charge in [-0.3, -0.25) is 4.99 Å². The molecule has 0 bridgehead atoms. The fraction of sp³-hybridized carbons (Fsp3) is 0.462. The molecule has 106 valence electrons. The van der Waals surface area contributed by atoms with E-state index in [1.54, 1.807) is 14.2 Å². The Labute approximate surface area is 124 Å². The number of nitrogens with one attached hydrogen (secondary N) is 2. The van der Waals surface area contributed by atoms with Crippen molar-refractivity contribution in [1.29, 1.82) is 0 Å². The number of benzene rings is 1. The second-order valence-electron chi connectivity index (χ2n) is 3.87. The summed E-state index contributed by atoms with van der Waals surface area (Å²) in [5, 5.41) is 7.71. The third-order valence-electron chi connectivity index (χ3n) is 2.55. The molecule has 0 radical (unpaired) electrons. The zero-order chi connectivity index (χ0) is 14.1. The normalized spacial score (nSPS) is 11.5. The Balaban J connectivity index is 2.40. The molecule has 1 aromatic rings. The number of methoxy groups -OCH3 is 1. The van der Waals surface area contributed by atoms with Crippen molar-refractivity contribution >= 4 is 29.2 Å². The SMILES string of the molecule is CN=C(NCCOC)NCCc1c(Cl)cccc1Cl. The minimum atomic E-state index is 0.636. The van der Waals surface area contributed by atoms with E-state index in [9.17, 15) is 0 Å². The summed E-state index contributed by atoms with van der Waals surface area (Å²) < 4.78 is 4.96. The summed E-state index contributed by atoms with van der Waals surface area (Å²) in [6, 6.07) is 5.52. The molecule has 1 aromatic carbocycles. The van der Waals surface area contributed by atoms with Crippen LogP contribution in [0.15, 0.2) is 23.2 Å². The number of rotatable bonds is 6. The van der Waals surface area contributed by atoms with Crippen molar-refractivity contribution in [2.75, 3.05) is 33.9 Å². The highest BCUT2D eigenvalue weighted by Crippen LogP contribution is 2.24. The van der Waals surface area contributed by atoms with E-state index in [0.29, 0.717) is 29.7 Å². The molecule has 0 heterocycles. The number of nitrogens with zero attached hydrogens (tertiary/aromatic N) is 1. The molecule has 0 saturated heterocycles. The van der Waals surface area contributed by atoms with Crippen molar-refractivity contribution in [3.05, 3.63) is 33.8 Å². The first-order valence-electron chi connectivity index (χ1n) is 6.05. The predicted octanol–water partition coefficient (Wildman–Crippen LogP) is 2.35. The van der Waals surface area contributed by atoms with Crippen LogP contribution >= 0.6 is 23.2 Å². The molecule has 0 aliphatic rings. The lowest BCUT2D eigenvalue weighted by molar-refractivity contribution is 0.203. The van der Waals surface area contributed by atoms with Gasteiger partial charge in [0.2, 0.25) is 0 Å². The van der Waals surface area contributed by atoms with Crippen molar-refractivity contribution in [3.63, 3.8) is 0 Å². The average molecular weight is 304 g/mol. The van der Waals surface area contributed by atoms with Crippen molar-refractivity contribution in [2.45, 2.75) is 6.42 Å². The zero-order valence-corrected chi connectivity index (χ0v) is 12.7. The standard InChI is InChI=1S/C13H19Cl2N3O/c1-16-13(18-8-9-19-2)17-7-6-10-11(14)4-3-5-12(10)15/h3-5H,6-9H2,1-2H3,(H2,16,17,18). The number of ether oxygens (including phenoxy) is 1. The van der Waals surface area contributed by atoms with Crippen molar-refractivity contribution in [1.82, 2.24) is 10.6 Å². The lowest BCUT2D eigenvalue weighted by Crippen LogP contribution is -2.39. The van der Waals surface area contributed by atoms with Gasteiger partial charge in [-0.15, -0.1) is 0 Å². The Morgan fingerprint density at radius 3 is 2.42 bits per heavy atom. The first kappa shape index (κ1) is 16.1. The molecule has 19 heavy (non-hydrogen) atoms. The van der Waals surface area contributed by atoms with Gasteiger partial charge in [-0.2, -0.15) is 0 Å². The fourth-order valence-electron chi connectivity index (χ4n) is 1.57. The quantitative estimate of drug-likeness (QED) is 0.482. The van der Waals surface area contributed by atoms with E-state index in [4.69, 9.17) is 27.9 Å². The molecule has 0 saturated carbocycles. The van der Waals surface area contributed by atoms with E-state index in [1.165, 1.54) is 0 Å². The first-order valence-corrected chi connectivity index (χ1v) is 6.81. The van der Waals surface area contributed by atoms with Gasteiger partial charge in [0.1, 0.15) is 0 Å². The lowest BCUT2D eigenvalue weighted by Gasteiger charge is -2.12. The van der Waals surface area contributed by atoms with E-state index < -0.39 is 0 Å². The Hall–Kier alpha value is -0.970. The van der Waals surface area contributed by atoms with E-state index >= 15 is 0 Å². The summed E-state index contributed by atoms with van der Waals surface area (Å²) in [4.78, 5) is 4.11. The molecular formula is C13H19Cl2N3O. The Bertz CT molecular complexity index is 404. The van der Waals surface area contributed by atoms with Crippen LogP contribution in [0, 0.1) is 0 Å². The number of aliphatic imine (C=N–C) groups is 1. The molecule has 2 N–H and O–H groups in total. The van der Waals surface area contributed by atoms with Crippen LogP contribution in [0.3, 0.4) is 0 Å². The summed E-state index contributed by atoms with van der Waals surface area (Å²) in [5.74, 6) is 0.736. The smallest absolute Gasteiger partial charge is 0.191 e. The van der Waals surface area contributed by atoms with Crippen LogP contribution in [0.25, 0.3) is 0 Å². The molecule has 0 atom stereocenters. The van der Waals surface area contributed by atoms with Crippen molar-refractivity contribution in [2.24, 2.45) is 4.99 Å². The molecule has 0 amide bonds. The van der Waals surface area contributed by atoms with Gasteiger partial charge in [-0.25, -0.2) is 0 Å². The summed E-state index contributed by atoms with van der Waals surface area (Å²) in [6.07, 6.45) is 0.740. The molecule has 0 aliphatic carbocycles. The van der Waals surface area contributed by atoms with E-state index in [2.05, 4.69) is 15.6 Å². The minimum absolute atomic E-state index is 0.636. The van der Waals surface area contributed by atoms with Gasteiger partial charge in [-0.1, -0.05) is 29.3 Å². The number of hydrogen-bond acceptors (Lipinski definition) is 2. The summed E-state index contributed by atoms with van der Waals surface area (Å²) in [7, 11) is 3.39. The monoisotopic (exact) mass is 303 g/mol. The van der Waals surface area contributed by atoms with Crippen LogP contribution in [0.1, 0.15) is 5.56 Å². The number of hydrogen-bond donors (Lipinski definition) is 2. The third-order valence-corrected chi connectivity index (χ3v) is 3.26. The van der Waals surface area contributed by atoms with E-state index in [0.717, 1.165) is 17.9 Å². The second kappa shape index (κ2) is 9.02. The molecule has 0 aromatic heterocycles. The van der Waals surface area contributed by atoms with E-state index in [1.807, 2.05) is 18.2 Å². The molecule has 0 fully saturated rings. The Morgan fingerprint density at radius 2 is 1.84 bits per heavy atom. The highest BCUT2D eigenvalue weighted by Gasteiger charge is 2.05. The van der Waals surface area contributed by atoms with Crippen LogP contribution in [-0.2, 0) is 11.2 Å². The summed E-state index contributed by atoms with van der Waals surface area (Å²) >= 11 is 12.2. The maximum atomic E-state index is 6.11. The van der Waals surface area contributed by atoms with Crippen LogP contribution in [-0.4, -0.2) is 39.8 Å². The van der Waals surface area contributed by atoms with Gasteiger partial charge in [0.25, 0.3) is 0 Å². The number of halogens is 2. The third kappa shape index (κ3) is 5.68. The molecule has 1 rings (SSSR count). The van der Waals surface area contributed by atoms with Crippen molar-refractivity contribution < 1.29 is 4.74 Å². The van der Waals surface area contributed by atoms with Gasteiger partial charge >= 0.3 is 0 Å². The van der Waals surface area contributed by atoms with Gasteiger partial charge in [0, 0.05) is 37.3 Å². The maximum Gasteiger partial charge on any atom is 0.191 e. The Kier molecular flexibility index (Phi) is 7.63. The molecular weight excluding hydrogens is 285 g/mol. The first-order chi connectivity index (χ1) is 9.19. The van der Waals surface area contributed by atoms with Gasteiger partial charge in [0.05, 0.1) is 6.61 Å². The van der Waals surface area contributed by atoms with Gasteiger partial charge < -0.3 is 15.4 Å². The lowest BCUT2D eigenvalue weighted by atomic mass is 10.1. The fourth-order valence-corrected chi connectivity index (χ4v) is 2.16. The highest BCUT2D eigenvalue weighted by molar-refractivity contribution is 6.35. The zero-order valence-electron chi connectivity index (χ0n) is 11.2. The second-order valence-corrected chi connectivity index (χ2v) is 4.68. The number of guanidine groups is 1. The summed E-state index contributed by atoms with van der Waals surface area (Å²) in [6.45, 7) is 2.05. The van der Waals surface area contributed by atoms with Crippen LogP contribution in [0.2, 0.25) is 10.0 Å². The molecule has 6 heteroatoms. The van der Waals surface area contributed by atoms with Gasteiger partial charge in [0.15, 0.2) is 5.96 Å². The van der Waals surface area contributed by atoms with E-state index in [-0.39, 0.29) is 0 Å². The largest absolute Gasteiger partial charge is 0.383 e. The Morgan fingerprint density at radius 1 is 1.21 bits per heavy atom. The topological polar surface area (TPSA) is 45.7 Å². The van der Waals surface area contributed by atoms with Crippen molar-refractivity contribution in [3.8, 4) is 0 Å². The van der Waals surface area contributed by atoms with Crippen LogP contribution in [0.5, 0.6) is 0 Å². The molecule has 0 spiro atoms. The maximum absolute atomic E-state index is 6.11. The summed E-state index contributed by atoms with van der Waals surface area (Å²) in [5.41, 5.74) is 0.950. The van der Waals surface area contributed by atoms with Gasteiger partial charge in [-0.05, 0) is 24.1 Å². The molecule has 0 unspecified atom stereocenters. The van der Waals surface area contributed by atoms with Crippen LogP contribution < -0.4 is 10.6 Å². The molecule has 4 nitrogen and oxygen atoms in total. The van der Waals surface area contributed by atoms with Crippen LogP contribution in [0.4, 0.5) is 0 Å². The predicted molar refractivity (Wildman–Crippen MR) is 81.4 cm³/mol. The highest BCUT2D eigenvalue weighted by atomic mass is 35.5. The molecule has 0 aliphatic heterocycles. The minimum Gasteiger partial charge on any atom is -0.383 e.